The van der Waals surface area contributed by atoms with E-state index in [2.05, 4.69) is 10.3 Å². The third-order valence-corrected chi connectivity index (χ3v) is 3.99. The highest BCUT2D eigenvalue weighted by molar-refractivity contribution is 6.01. The van der Waals surface area contributed by atoms with Crippen molar-refractivity contribution >= 4 is 12.0 Å². The Balaban J connectivity index is 1.82. The second-order valence-electron chi connectivity index (χ2n) is 5.75. The van der Waals surface area contributed by atoms with E-state index in [0.29, 0.717) is 5.92 Å². The van der Waals surface area contributed by atoms with E-state index in [0.717, 1.165) is 18.4 Å². The normalized spacial score (nSPS) is 15.4. The van der Waals surface area contributed by atoms with Gasteiger partial charge in [-0.2, -0.15) is 9.65 Å². The first-order valence-electron chi connectivity index (χ1n) is 7.77. The second-order valence-corrected chi connectivity index (χ2v) is 5.75. The largest absolute Gasteiger partial charge is 0.344 e. The quantitative estimate of drug-likeness (QED) is 0.521. The number of hydrogen-bond acceptors (Lipinski definition) is 3. The van der Waals surface area contributed by atoms with Crippen LogP contribution < -0.4 is 5.32 Å². The summed E-state index contributed by atoms with van der Waals surface area (Å²) in [7, 11) is 0. The third-order valence-electron chi connectivity index (χ3n) is 3.99. The average Bonchev–Trinajstić information content (AvgIpc) is 3.44. The summed E-state index contributed by atoms with van der Waals surface area (Å²) in [6.07, 6.45) is 4.63. The molecule has 0 bridgehead atoms. The van der Waals surface area contributed by atoms with E-state index in [9.17, 15) is 14.4 Å². The molecule has 1 aromatic heterocycles. The van der Waals surface area contributed by atoms with Crippen LogP contribution in [0, 0.1) is 23.2 Å². The van der Waals surface area contributed by atoms with Gasteiger partial charge in [0.2, 0.25) is 5.95 Å². The van der Waals surface area contributed by atoms with Crippen molar-refractivity contribution in [3.8, 4) is 6.07 Å². The van der Waals surface area contributed by atoms with Gasteiger partial charge in [-0.15, -0.1) is 0 Å². The molecule has 0 spiro atoms. The molecule has 1 N–H and O–H groups in total. The van der Waals surface area contributed by atoms with Crippen molar-refractivity contribution in [2.75, 3.05) is 0 Å². The van der Waals surface area contributed by atoms with Crippen LogP contribution in [0.1, 0.15) is 30.0 Å². The van der Waals surface area contributed by atoms with Crippen molar-refractivity contribution in [3.63, 3.8) is 0 Å². The first-order chi connectivity index (χ1) is 11.7. The Morgan fingerprint density at radius 2 is 2.04 bits per heavy atom. The standard InChI is InChI=1S/C19H16FN3O/c20-18-15(7-4-10-22-18)11-16(12-21)19(24)23-17(14-8-9-14)13-5-2-1-3-6-13/h1-7,10-11,14,17H,8-9H2,(H,23,24). The Hall–Kier alpha value is -3.00. The van der Waals surface area contributed by atoms with E-state index in [4.69, 9.17) is 0 Å². The Morgan fingerprint density at radius 3 is 2.67 bits per heavy atom. The predicted octanol–water partition coefficient (Wildman–Crippen LogP) is 3.40. The molecule has 1 atom stereocenters. The van der Waals surface area contributed by atoms with Gasteiger partial charge >= 0.3 is 0 Å². The number of hydrogen-bond donors (Lipinski definition) is 1. The van der Waals surface area contributed by atoms with Crippen LogP contribution in [0.4, 0.5) is 4.39 Å². The number of nitrogens with one attached hydrogen (secondary N) is 1. The number of rotatable bonds is 5. The van der Waals surface area contributed by atoms with Gasteiger partial charge in [0.25, 0.3) is 5.91 Å². The zero-order valence-corrected chi connectivity index (χ0v) is 12.9. The van der Waals surface area contributed by atoms with Crippen LogP contribution in [-0.2, 0) is 4.79 Å². The fourth-order valence-electron chi connectivity index (χ4n) is 2.59. The maximum Gasteiger partial charge on any atom is 0.262 e. The van der Waals surface area contributed by atoms with Gasteiger partial charge < -0.3 is 5.32 Å². The topological polar surface area (TPSA) is 65.8 Å². The van der Waals surface area contributed by atoms with Gasteiger partial charge in [-0.25, -0.2) is 4.98 Å². The summed E-state index contributed by atoms with van der Waals surface area (Å²) < 4.78 is 13.6. The maximum absolute atomic E-state index is 13.6. The zero-order chi connectivity index (χ0) is 16.9. The molecule has 1 aliphatic rings. The molecule has 1 aromatic carbocycles. The first-order valence-corrected chi connectivity index (χ1v) is 7.77. The number of pyridine rings is 1. The van der Waals surface area contributed by atoms with Crippen molar-refractivity contribution in [3.05, 3.63) is 71.3 Å². The molecule has 2 aromatic rings. The number of carbonyl (C=O) groups is 1. The molecule has 0 saturated heterocycles. The summed E-state index contributed by atoms with van der Waals surface area (Å²) in [4.78, 5) is 16.0. The Labute approximate surface area is 139 Å². The lowest BCUT2D eigenvalue weighted by atomic mass is 10.0. The number of amides is 1. The highest BCUT2D eigenvalue weighted by Gasteiger charge is 2.33. The minimum absolute atomic E-state index is 0.117. The van der Waals surface area contributed by atoms with Crippen molar-refractivity contribution in [2.24, 2.45) is 5.92 Å². The minimum atomic E-state index is -0.708. The van der Waals surface area contributed by atoms with Gasteiger partial charge in [0.1, 0.15) is 11.6 Å². The molecule has 1 unspecified atom stereocenters. The van der Waals surface area contributed by atoms with Crippen LogP contribution in [-0.4, -0.2) is 10.9 Å². The van der Waals surface area contributed by atoms with Crippen molar-refractivity contribution < 1.29 is 9.18 Å². The summed E-state index contributed by atoms with van der Waals surface area (Å²) in [6, 6.07) is 14.4. The molecule has 3 rings (SSSR count). The summed E-state index contributed by atoms with van der Waals surface area (Å²) >= 11 is 0. The molecular weight excluding hydrogens is 305 g/mol. The van der Waals surface area contributed by atoms with Gasteiger partial charge in [0, 0.05) is 11.8 Å². The second kappa shape index (κ2) is 7.05. The molecule has 1 amide bonds. The molecule has 24 heavy (non-hydrogen) atoms. The van der Waals surface area contributed by atoms with Gasteiger partial charge in [0.05, 0.1) is 6.04 Å². The van der Waals surface area contributed by atoms with Crippen molar-refractivity contribution in [1.82, 2.24) is 10.3 Å². The number of aromatic nitrogens is 1. The number of carbonyl (C=O) groups excluding carboxylic acids is 1. The smallest absolute Gasteiger partial charge is 0.262 e. The van der Waals surface area contributed by atoms with Crippen LogP contribution >= 0.6 is 0 Å². The van der Waals surface area contributed by atoms with E-state index < -0.39 is 11.9 Å². The maximum atomic E-state index is 13.6. The van der Waals surface area contributed by atoms with Crippen LogP contribution in [0.3, 0.4) is 0 Å². The summed E-state index contributed by atoms with van der Waals surface area (Å²) in [6.45, 7) is 0. The molecule has 120 valence electrons. The monoisotopic (exact) mass is 321 g/mol. The molecule has 1 saturated carbocycles. The van der Waals surface area contributed by atoms with Crippen LogP contribution in [0.5, 0.6) is 0 Å². The number of nitriles is 1. The lowest BCUT2D eigenvalue weighted by Crippen LogP contribution is -2.30. The van der Waals surface area contributed by atoms with E-state index in [1.165, 1.54) is 18.3 Å². The average molecular weight is 321 g/mol. The summed E-state index contributed by atoms with van der Waals surface area (Å²) in [5.41, 5.74) is 0.994. The molecule has 5 heteroatoms. The minimum Gasteiger partial charge on any atom is -0.344 e. The zero-order valence-electron chi connectivity index (χ0n) is 12.9. The fourth-order valence-corrected chi connectivity index (χ4v) is 2.59. The number of benzene rings is 1. The van der Waals surface area contributed by atoms with Crippen LogP contribution in [0.25, 0.3) is 6.08 Å². The lowest BCUT2D eigenvalue weighted by molar-refractivity contribution is -0.117. The van der Waals surface area contributed by atoms with E-state index >= 15 is 0 Å². The molecule has 1 fully saturated rings. The number of nitrogens with zero attached hydrogens (tertiary/aromatic N) is 2. The van der Waals surface area contributed by atoms with Gasteiger partial charge in [-0.1, -0.05) is 30.3 Å². The molecule has 0 radical (unpaired) electrons. The third kappa shape index (κ3) is 3.66. The summed E-state index contributed by atoms with van der Waals surface area (Å²) in [5.74, 6) is -0.826. The Morgan fingerprint density at radius 1 is 1.29 bits per heavy atom. The van der Waals surface area contributed by atoms with Crippen LogP contribution in [0.15, 0.2) is 54.2 Å². The van der Waals surface area contributed by atoms with Crippen LogP contribution in [0.2, 0.25) is 0 Å². The van der Waals surface area contributed by atoms with Gasteiger partial charge in [-0.05, 0) is 42.5 Å². The first kappa shape index (κ1) is 15.9. The van der Waals surface area contributed by atoms with Crippen molar-refractivity contribution in [1.29, 1.82) is 5.26 Å². The van der Waals surface area contributed by atoms with Gasteiger partial charge in [0.15, 0.2) is 0 Å². The molecule has 1 aliphatic carbocycles. The SMILES string of the molecule is N#CC(=Cc1cccnc1F)C(=O)NC(c1ccccc1)C1CC1. The predicted molar refractivity (Wildman–Crippen MR) is 87.8 cm³/mol. The molecule has 4 nitrogen and oxygen atoms in total. The summed E-state index contributed by atoms with van der Waals surface area (Å²) in [5, 5.41) is 12.2. The number of halogens is 1. The van der Waals surface area contributed by atoms with Gasteiger partial charge in [-0.3, -0.25) is 4.79 Å². The highest BCUT2D eigenvalue weighted by atomic mass is 19.1. The molecule has 1 heterocycles. The van der Waals surface area contributed by atoms with Crippen molar-refractivity contribution in [2.45, 2.75) is 18.9 Å². The Kier molecular flexibility index (Phi) is 4.66. The molecule has 0 aliphatic heterocycles. The highest BCUT2D eigenvalue weighted by Crippen LogP contribution is 2.41. The fraction of sp³-hybridized carbons (Fsp3) is 0.211. The van der Waals surface area contributed by atoms with E-state index in [1.54, 1.807) is 6.07 Å². The van der Waals surface area contributed by atoms with E-state index in [1.807, 2.05) is 36.4 Å². The van der Waals surface area contributed by atoms with E-state index in [-0.39, 0.29) is 17.2 Å². The molecular formula is C19H16FN3O. The lowest BCUT2D eigenvalue weighted by Gasteiger charge is -2.18. The Bertz CT molecular complexity index is 807.